The van der Waals surface area contributed by atoms with E-state index >= 15 is 0 Å². The van der Waals surface area contributed by atoms with E-state index in [2.05, 4.69) is 29.4 Å². The van der Waals surface area contributed by atoms with E-state index in [1.165, 1.54) is 37.1 Å². The van der Waals surface area contributed by atoms with Crippen LogP contribution in [0.5, 0.6) is 0 Å². The molecule has 3 rings (SSSR count). The van der Waals surface area contributed by atoms with Crippen LogP contribution in [0.1, 0.15) is 30.7 Å². The van der Waals surface area contributed by atoms with Crippen LogP contribution in [0, 0.1) is 0 Å². The zero-order valence-corrected chi connectivity index (χ0v) is 10.4. The van der Waals surface area contributed by atoms with E-state index in [0.29, 0.717) is 5.92 Å². The Kier molecular flexibility index (Phi) is 2.71. The number of hydrogen-bond acceptors (Lipinski definition) is 3. The number of anilines is 2. The van der Waals surface area contributed by atoms with Crippen LogP contribution < -0.4 is 11.1 Å². The highest BCUT2D eigenvalue weighted by Crippen LogP contribution is 2.37. The molecule has 0 amide bonds. The van der Waals surface area contributed by atoms with Gasteiger partial charge < -0.3 is 16.0 Å². The second kappa shape index (κ2) is 4.22. The molecule has 3 heteroatoms. The molecule has 0 radical (unpaired) electrons. The third-order valence-corrected chi connectivity index (χ3v) is 4.28. The van der Waals surface area contributed by atoms with E-state index in [0.717, 1.165) is 18.3 Å². The van der Waals surface area contributed by atoms with Crippen molar-refractivity contribution in [1.29, 1.82) is 0 Å². The van der Waals surface area contributed by atoms with Crippen molar-refractivity contribution in [2.75, 3.05) is 31.2 Å². The SMILES string of the molecule is CN1CCCC1CC1CNc2ccc(N)cc21. The second-order valence-corrected chi connectivity index (χ2v) is 5.44. The lowest BCUT2D eigenvalue weighted by Gasteiger charge is -2.22. The fourth-order valence-corrected chi connectivity index (χ4v) is 3.24. The molecule has 0 aliphatic carbocycles. The number of benzene rings is 1. The van der Waals surface area contributed by atoms with Gasteiger partial charge in [0.25, 0.3) is 0 Å². The van der Waals surface area contributed by atoms with Gasteiger partial charge in [0.2, 0.25) is 0 Å². The van der Waals surface area contributed by atoms with E-state index in [4.69, 9.17) is 5.73 Å². The summed E-state index contributed by atoms with van der Waals surface area (Å²) in [6, 6.07) is 7.00. The van der Waals surface area contributed by atoms with Crippen molar-refractivity contribution in [2.24, 2.45) is 0 Å². The Morgan fingerprint density at radius 2 is 2.35 bits per heavy atom. The molecule has 2 aliphatic rings. The van der Waals surface area contributed by atoms with Gasteiger partial charge in [-0.05, 0) is 56.6 Å². The highest BCUT2D eigenvalue weighted by Gasteiger charge is 2.29. The maximum absolute atomic E-state index is 5.89. The summed E-state index contributed by atoms with van der Waals surface area (Å²) in [5, 5.41) is 3.49. The summed E-state index contributed by atoms with van der Waals surface area (Å²) in [6.07, 6.45) is 3.97. The summed E-state index contributed by atoms with van der Waals surface area (Å²) in [5.41, 5.74) is 9.48. The molecular formula is C14H21N3. The number of fused-ring (bicyclic) bond motifs is 1. The van der Waals surface area contributed by atoms with Crippen LogP contribution in [0.2, 0.25) is 0 Å². The number of hydrogen-bond donors (Lipinski definition) is 2. The highest BCUT2D eigenvalue weighted by molar-refractivity contribution is 5.63. The Balaban J connectivity index is 1.76. The van der Waals surface area contributed by atoms with Gasteiger partial charge in [-0.25, -0.2) is 0 Å². The topological polar surface area (TPSA) is 41.3 Å². The van der Waals surface area contributed by atoms with E-state index in [1.807, 2.05) is 6.07 Å². The molecular weight excluding hydrogens is 210 g/mol. The van der Waals surface area contributed by atoms with E-state index in [9.17, 15) is 0 Å². The van der Waals surface area contributed by atoms with Gasteiger partial charge in [0, 0.05) is 29.9 Å². The molecule has 2 aliphatic heterocycles. The lowest BCUT2D eigenvalue weighted by atomic mass is 9.92. The quantitative estimate of drug-likeness (QED) is 0.767. The lowest BCUT2D eigenvalue weighted by molar-refractivity contribution is 0.285. The Hall–Kier alpha value is -1.22. The van der Waals surface area contributed by atoms with Gasteiger partial charge in [0.05, 0.1) is 0 Å². The lowest BCUT2D eigenvalue weighted by Crippen LogP contribution is -2.27. The Morgan fingerprint density at radius 3 is 3.12 bits per heavy atom. The zero-order chi connectivity index (χ0) is 11.8. The molecule has 2 heterocycles. The smallest absolute Gasteiger partial charge is 0.0377 e. The van der Waals surface area contributed by atoms with Gasteiger partial charge in [-0.3, -0.25) is 0 Å². The Bertz CT molecular complexity index is 416. The fourth-order valence-electron chi connectivity index (χ4n) is 3.24. The summed E-state index contributed by atoms with van der Waals surface area (Å²) in [7, 11) is 2.25. The molecule has 1 aromatic carbocycles. The van der Waals surface area contributed by atoms with Crippen molar-refractivity contribution >= 4 is 11.4 Å². The number of rotatable bonds is 2. The molecule has 3 nitrogen and oxygen atoms in total. The number of nitrogen functional groups attached to an aromatic ring is 1. The van der Waals surface area contributed by atoms with Crippen LogP contribution in [-0.4, -0.2) is 31.1 Å². The van der Waals surface area contributed by atoms with Crippen LogP contribution in [-0.2, 0) is 0 Å². The first-order valence-corrected chi connectivity index (χ1v) is 6.57. The normalized spacial score (nSPS) is 28.1. The molecule has 2 unspecified atom stereocenters. The van der Waals surface area contributed by atoms with Crippen LogP contribution in [0.3, 0.4) is 0 Å². The minimum Gasteiger partial charge on any atom is -0.399 e. The predicted molar refractivity (Wildman–Crippen MR) is 72.4 cm³/mol. The standard InChI is InChI=1S/C14H21N3/c1-17-6-2-3-12(17)7-10-9-16-14-5-4-11(15)8-13(10)14/h4-5,8,10,12,16H,2-3,6-7,9,15H2,1H3. The van der Waals surface area contributed by atoms with Crippen LogP contribution in [0.4, 0.5) is 11.4 Å². The monoisotopic (exact) mass is 231 g/mol. The molecule has 2 atom stereocenters. The minimum absolute atomic E-state index is 0.638. The summed E-state index contributed by atoms with van der Waals surface area (Å²) < 4.78 is 0. The van der Waals surface area contributed by atoms with Gasteiger partial charge in [-0.2, -0.15) is 0 Å². The molecule has 0 spiro atoms. The minimum atomic E-state index is 0.638. The highest BCUT2D eigenvalue weighted by atomic mass is 15.1. The molecule has 0 bridgehead atoms. The molecule has 0 saturated carbocycles. The van der Waals surface area contributed by atoms with E-state index in [1.54, 1.807) is 0 Å². The maximum atomic E-state index is 5.89. The summed E-state index contributed by atoms with van der Waals surface area (Å²) in [5.74, 6) is 0.638. The van der Waals surface area contributed by atoms with Crippen molar-refractivity contribution in [2.45, 2.75) is 31.2 Å². The summed E-state index contributed by atoms with van der Waals surface area (Å²) in [6.45, 7) is 2.33. The average Bonchev–Trinajstić information content (AvgIpc) is 2.88. The molecule has 92 valence electrons. The van der Waals surface area contributed by atoms with Crippen LogP contribution >= 0.6 is 0 Å². The van der Waals surface area contributed by atoms with E-state index in [-0.39, 0.29) is 0 Å². The van der Waals surface area contributed by atoms with Crippen molar-refractivity contribution < 1.29 is 0 Å². The summed E-state index contributed by atoms with van der Waals surface area (Å²) >= 11 is 0. The van der Waals surface area contributed by atoms with Gasteiger partial charge in [-0.1, -0.05) is 0 Å². The first-order chi connectivity index (χ1) is 8.24. The largest absolute Gasteiger partial charge is 0.399 e. The number of nitrogens with two attached hydrogens (primary N) is 1. The molecule has 0 aromatic heterocycles. The van der Waals surface area contributed by atoms with Crippen molar-refractivity contribution in [3.8, 4) is 0 Å². The molecule has 1 aromatic rings. The molecule has 3 N–H and O–H groups in total. The van der Waals surface area contributed by atoms with Gasteiger partial charge in [0.1, 0.15) is 0 Å². The zero-order valence-electron chi connectivity index (χ0n) is 10.4. The average molecular weight is 231 g/mol. The molecule has 17 heavy (non-hydrogen) atoms. The third-order valence-electron chi connectivity index (χ3n) is 4.28. The number of nitrogens with zero attached hydrogens (tertiary/aromatic N) is 1. The van der Waals surface area contributed by atoms with Crippen molar-refractivity contribution in [1.82, 2.24) is 4.90 Å². The molecule has 1 fully saturated rings. The van der Waals surface area contributed by atoms with E-state index < -0.39 is 0 Å². The Morgan fingerprint density at radius 1 is 1.47 bits per heavy atom. The van der Waals surface area contributed by atoms with Gasteiger partial charge in [-0.15, -0.1) is 0 Å². The number of likely N-dealkylation sites (tertiary alicyclic amines) is 1. The van der Waals surface area contributed by atoms with Crippen molar-refractivity contribution in [3.05, 3.63) is 23.8 Å². The fraction of sp³-hybridized carbons (Fsp3) is 0.571. The van der Waals surface area contributed by atoms with Crippen LogP contribution in [0.25, 0.3) is 0 Å². The predicted octanol–water partition coefficient (Wildman–Crippen LogP) is 2.26. The van der Waals surface area contributed by atoms with Crippen LogP contribution in [0.15, 0.2) is 18.2 Å². The first-order valence-electron chi connectivity index (χ1n) is 6.57. The maximum Gasteiger partial charge on any atom is 0.0377 e. The Labute approximate surface area is 103 Å². The first kappa shape index (κ1) is 10.9. The van der Waals surface area contributed by atoms with Gasteiger partial charge >= 0.3 is 0 Å². The third kappa shape index (κ3) is 2.00. The molecule has 1 saturated heterocycles. The van der Waals surface area contributed by atoms with Gasteiger partial charge in [0.15, 0.2) is 0 Å². The number of nitrogens with one attached hydrogen (secondary N) is 1. The summed E-state index contributed by atoms with van der Waals surface area (Å²) in [4.78, 5) is 2.50. The second-order valence-electron chi connectivity index (χ2n) is 5.44. The van der Waals surface area contributed by atoms with Crippen molar-refractivity contribution in [3.63, 3.8) is 0 Å².